The summed E-state index contributed by atoms with van der Waals surface area (Å²) >= 11 is 1.60. The van der Waals surface area contributed by atoms with Gasteiger partial charge in [0.25, 0.3) is 0 Å². The van der Waals surface area contributed by atoms with E-state index in [1.54, 1.807) is 17.6 Å². The van der Waals surface area contributed by atoms with Gasteiger partial charge in [0.05, 0.1) is 23.0 Å². The topological polar surface area (TPSA) is 46.5 Å². The number of para-hydroxylation sites is 1. The summed E-state index contributed by atoms with van der Waals surface area (Å²) in [6, 6.07) is 16.1. The van der Waals surface area contributed by atoms with Gasteiger partial charge < -0.3 is 4.74 Å². The Morgan fingerprint density at radius 1 is 1.00 bits per heavy atom. The van der Waals surface area contributed by atoms with E-state index in [4.69, 9.17) is 4.74 Å². The largest absolute Gasteiger partial charge is 0.494 e. The molecule has 4 nitrogen and oxygen atoms in total. The van der Waals surface area contributed by atoms with Crippen molar-refractivity contribution in [3.05, 3.63) is 54.1 Å². The minimum absolute atomic E-state index is 0.790. The van der Waals surface area contributed by atoms with Gasteiger partial charge in [0.1, 0.15) is 5.75 Å². The van der Waals surface area contributed by atoms with Gasteiger partial charge >= 0.3 is 0 Å². The fourth-order valence-electron chi connectivity index (χ4n) is 2.80. The summed E-state index contributed by atoms with van der Waals surface area (Å²) in [7, 11) is 0. The molecule has 0 unspecified atom stereocenters. The Morgan fingerprint density at radius 2 is 1.78 bits per heavy atom. The molecule has 0 aliphatic rings. The molecule has 5 heteroatoms. The fourth-order valence-corrected chi connectivity index (χ4v) is 3.62. The summed E-state index contributed by atoms with van der Waals surface area (Å²) in [5, 5.41) is 5.08. The number of hydrazone groups is 1. The lowest BCUT2D eigenvalue weighted by Gasteiger charge is -2.06. The molecular weight excluding hydrogens is 354 g/mol. The van der Waals surface area contributed by atoms with E-state index in [1.807, 2.05) is 42.5 Å². The van der Waals surface area contributed by atoms with Crippen molar-refractivity contribution in [2.24, 2.45) is 5.10 Å². The van der Waals surface area contributed by atoms with Gasteiger partial charge in [-0.1, -0.05) is 62.5 Å². The van der Waals surface area contributed by atoms with Crippen LogP contribution >= 0.6 is 11.3 Å². The van der Waals surface area contributed by atoms with Crippen LogP contribution in [0.3, 0.4) is 0 Å². The molecule has 0 aliphatic heterocycles. The zero-order valence-electron chi connectivity index (χ0n) is 15.9. The van der Waals surface area contributed by atoms with Crippen LogP contribution in [0.25, 0.3) is 10.2 Å². The van der Waals surface area contributed by atoms with Gasteiger partial charge in [-0.05, 0) is 48.4 Å². The number of thiazole rings is 1. The molecule has 0 fully saturated rings. The molecule has 0 spiro atoms. The summed E-state index contributed by atoms with van der Waals surface area (Å²) < 4.78 is 6.96. The number of nitrogens with one attached hydrogen (secondary N) is 1. The van der Waals surface area contributed by atoms with Gasteiger partial charge in [-0.3, -0.25) is 5.43 Å². The molecule has 1 heterocycles. The molecule has 0 radical (unpaired) electrons. The summed E-state index contributed by atoms with van der Waals surface area (Å²) in [6.07, 6.45) is 9.47. The molecule has 1 aromatic heterocycles. The Labute approximate surface area is 165 Å². The first kappa shape index (κ1) is 19.4. The molecule has 0 amide bonds. The molecule has 0 saturated heterocycles. The van der Waals surface area contributed by atoms with Crippen LogP contribution in [0, 0.1) is 0 Å². The van der Waals surface area contributed by atoms with E-state index in [1.165, 1.54) is 32.1 Å². The summed E-state index contributed by atoms with van der Waals surface area (Å²) in [6.45, 7) is 3.03. The van der Waals surface area contributed by atoms with Crippen molar-refractivity contribution in [1.82, 2.24) is 4.98 Å². The number of benzene rings is 2. The van der Waals surface area contributed by atoms with Crippen LogP contribution in [-0.4, -0.2) is 17.8 Å². The van der Waals surface area contributed by atoms with E-state index in [9.17, 15) is 0 Å². The van der Waals surface area contributed by atoms with E-state index in [0.29, 0.717) is 0 Å². The van der Waals surface area contributed by atoms with Crippen LogP contribution in [0.4, 0.5) is 5.13 Å². The Bertz CT molecular complexity index is 809. The second kappa shape index (κ2) is 10.7. The SMILES string of the molecule is CCCCCCCCOc1ccc(/C=N/Nc2nc3ccccc3s2)cc1. The molecule has 142 valence electrons. The summed E-state index contributed by atoms with van der Waals surface area (Å²) in [4.78, 5) is 4.50. The van der Waals surface area contributed by atoms with Crippen molar-refractivity contribution >= 4 is 32.9 Å². The van der Waals surface area contributed by atoms with Crippen LogP contribution in [0.5, 0.6) is 5.75 Å². The number of hydrogen-bond donors (Lipinski definition) is 1. The summed E-state index contributed by atoms with van der Waals surface area (Å²) in [5.74, 6) is 0.917. The number of unbranched alkanes of at least 4 members (excludes halogenated alkanes) is 5. The van der Waals surface area contributed by atoms with E-state index >= 15 is 0 Å². The highest BCUT2D eigenvalue weighted by Gasteiger charge is 2.01. The maximum Gasteiger partial charge on any atom is 0.204 e. The van der Waals surface area contributed by atoms with Crippen molar-refractivity contribution < 1.29 is 4.74 Å². The molecular formula is C22H27N3OS. The van der Waals surface area contributed by atoms with E-state index < -0.39 is 0 Å². The predicted octanol–water partition coefficient (Wildman–Crippen LogP) is 6.48. The van der Waals surface area contributed by atoms with Crippen molar-refractivity contribution in [2.75, 3.05) is 12.0 Å². The molecule has 0 atom stereocenters. The van der Waals surface area contributed by atoms with Gasteiger partial charge in [-0.2, -0.15) is 5.10 Å². The molecule has 3 aromatic rings. The standard InChI is InChI=1S/C22H27N3OS/c1-2-3-4-5-6-9-16-26-19-14-12-18(13-15-19)17-23-25-22-24-20-10-7-8-11-21(20)27-22/h7-8,10-15,17H,2-6,9,16H2,1H3,(H,24,25)/b23-17+. The monoisotopic (exact) mass is 381 g/mol. The van der Waals surface area contributed by atoms with Gasteiger partial charge in [-0.25, -0.2) is 4.98 Å². The van der Waals surface area contributed by atoms with E-state index in [2.05, 4.69) is 28.5 Å². The number of ether oxygens (including phenoxy) is 1. The minimum Gasteiger partial charge on any atom is -0.494 e. The van der Waals surface area contributed by atoms with Crippen LogP contribution in [0.2, 0.25) is 0 Å². The Hall–Kier alpha value is -2.40. The average molecular weight is 382 g/mol. The van der Waals surface area contributed by atoms with Gasteiger partial charge in [-0.15, -0.1) is 0 Å². The first-order valence-corrected chi connectivity index (χ1v) is 10.5. The first-order valence-electron chi connectivity index (χ1n) is 9.72. The molecule has 1 N–H and O–H groups in total. The predicted molar refractivity (Wildman–Crippen MR) is 116 cm³/mol. The highest BCUT2D eigenvalue weighted by Crippen LogP contribution is 2.25. The van der Waals surface area contributed by atoms with E-state index in [-0.39, 0.29) is 0 Å². The highest BCUT2D eigenvalue weighted by molar-refractivity contribution is 7.22. The third-order valence-corrected chi connectivity index (χ3v) is 5.26. The maximum absolute atomic E-state index is 5.81. The lowest BCUT2D eigenvalue weighted by atomic mass is 10.1. The number of hydrogen-bond acceptors (Lipinski definition) is 5. The van der Waals surface area contributed by atoms with Crippen molar-refractivity contribution in [2.45, 2.75) is 45.4 Å². The molecule has 0 aliphatic carbocycles. The van der Waals surface area contributed by atoms with Crippen LogP contribution in [0.15, 0.2) is 53.6 Å². The van der Waals surface area contributed by atoms with Crippen LogP contribution in [0.1, 0.15) is 51.0 Å². The fraction of sp³-hybridized carbons (Fsp3) is 0.364. The van der Waals surface area contributed by atoms with Crippen LogP contribution in [-0.2, 0) is 0 Å². The van der Waals surface area contributed by atoms with Gasteiger partial charge in [0.2, 0.25) is 5.13 Å². The molecule has 3 rings (SSSR count). The highest BCUT2D eigenvalue weighted by atomic mass is 32.1. The third-order valence-electron chi connectivity index (χ3n) is 4.31. The van der Waals surface area contributed by atoms with Crippen molar-refractivity contribution in [3.63, 3.8) is 0 Å². The minimum atomic E-state index is 0.790. The Kier molecular flexibility index (Phi) is 7.66. The van der Waals surface area contributed by atoms with Crippen molar-refractivity contribution in [3.8, 4) is 5.75 Å². The summed E-state index contributed by atoms with van der Waals surface area (Å²) in [5.41, 5.74) is 5.02. The van der Waals surface area contributed by atoms with E-state index in [0.717, 1.165) is 39.7 Å². The molecule has 27 heavy (non-hydrogen) atoms. The third kappa shape index (κ3) is 6.36. The maximum atomic E-state index is 5.81. The quantitative estimate of drug-likeness (QED) is 0.235. The number of aromatic nitrogens is 1. The Balaban J connectivity index is 1.40. The van der Waals surface area contributed by atoms with Gasteiger partial charge in [0.15, 0.2) is 0 Å². The zero-order chi connectivity index (χ0) is 18.7. The molecule has 0 saturated carbocycles. The first-order chi connectivity index (χ1) is 13.3. The van der Waals surface area contributed by atoms with Gasteiger partial charge in [0, 0.05) is 0 Å². The number of anilines is 1. The smallest absolute Gasteiger partial charge is 0.204 e. The lowest BCUT2D eigenvalue weighted by molar-refractivity contribution is 0.304. The second-order valence-electron chi connectivity index (χ2n) is 6.54. The molecule has 0 bridgehead atoms. The molecule has 2 aromatic carbocycles. The normalized spacial score (nSPS) is 11.3. The van der Waals surface area contributed by atoms with Crippen LogP contribution < -0.4 is 10.2 Å². The zero-order valence-corrected chi connectivity index (χ0v) is 16.7. The lowest BCUT2D eigenvalue weighted by Crippen LogP contribution is -1.97. The number of fused-ring (bicyclic) bond motifs is 1. The Morgan fingerprint density at radius 3 is 2.59 bits per heavy atom. The van der Waals surface area contributed by atoms with Crippen molar-refractivity contribution in [1.29, 1.82) is 0 Å². The second-order valence-corrected chi connectivity index (χ2v) is 7.57. The number of rotatable bonds is 11. The number of nitrogens with zero attached hydrogens (tertiary/aromatic N) is 2. The average Bonchev–Trinajstić information content (AvgIpc) is 3.11.